The van der Waals surface area contributed by atoms with E-state index in [-0.39, 0.29) is 6.04 Å². The summed E-state index contributed by atoms with van der Waals surface area (Å²) in [6, 6.07) is 10.6. The number of piperazine rings is 1. The fourth-order valence-corrected chi connectivity index (χ4v) is 2.71. The molecule has 0 saturated carbocycles. The lowest BCUT2D eigenvalue weighted by atomic mass is 9.91. The number of carboxylic acid groups (broad SMARTS) is 1. The van der Waals surface area contributed by atoms with Crippen LogP contribution >= 0.6 is 0 Å². The van der Waals surface area contributed by atoms with Crippen LogP contribution in [-0.2, 0) is 4.79 Å². The Labute approximate surface area is 121 Å². The van der Waals surface area contributed by atoms with E-state index in [2.05, 4.69) is 29.0 Å². The number of benzene rings is 1. The molecule has 0 bridgehead atoms. The van der Waals surface area contributed by atoms with Crippen molar-refractivity contribution < 1.29 is 9.90 Å². The van der Waals surface area contributed by atoms with E-state index in [9.17, 15) is 9.90 Å². The first-order chi connectivity index (χ1) is 9.40. The Balaban J connectivity index is 2.19. The van der Waals surface area contributed by atoms with Gasteiger partial charge in [0.2, 0.25) is 0 Å². The SMILES string of the molecule is CN1CCN(CC(C)(C)C(=O)O)C(c2ccccc2)C1. The molecule has 110 valence electrons. The highest BCUT2D eigenvalue weighted by Crippen LogP contribution is 2.28. The lowest BCUT2D eigenvalue weighted by Crippen LogP contribution is -2.50. The van der Waals surface area contributed by atoms with Crippen molar-refractivity contribution in [1.82, 2.24) is 9.80 Å². The molecule has 1 saturated heterocycles. The van der Waals surface area contributed by atoms with E-state index in [4.69, 9.17) is 0 Å². The van der Waals surface area contributed by atoms with E-state index in [1.54, 1.807) is 13.8 Å². The lowest BCUT2D eigenvalue weighted by Gasteiger charge is -2.42. The predicted molar refractivity (Wildman–Crippen MR) is 79.7 cm³/mol. The smallest absolute Gasteiger partial charge is 0.310 e. The van der Waals surface area contributed by atoms with Crippen molar-refractivity contribution in [2.24, 2.45) is 5.41 Å². The number of aliphatic carboxylic acids is 1. The molecule has 0 aliphatic carbocycles. The quantitative estimate of drug-likeness (QED) is 0.914. The third-order valence-electron chi connectivity index (χ3n) is 4.06. The van der Waals surface area contributed by atoms with Crippen molar-refractivity contribution in [2.75, 3.05) is 33.2 Å². The van der Waals surface area contributed by atoms with Crippen LogP contribution in [0.2, 0.25) is 0 Å². The van der Waals surface area contributed by atoms with Crippen LogP contribution in [0.15, 0.2) is 30.3 Å². The van der Waals surface area contributed by atoms with Crippen LogP contribution in [0, 0.1) is 5.41 Å². The molecule has 0 aromatic heterocycles. The molecule has 1 aromatic rings. The van der Waals surface area contributed by atoms with E-state index in [0.717, 1.165) is 19.6 Å². The second-order valence-electron chi connectivity index (χ2n) is 6.35. The molecule has 1 atom stereocenters. The molecule has 20 heavy (non-hydrogen) atoms. The first-order valence-corrected chi connectivity index (χ1v) is 7.11. The first kappa shape index (κ1) is 15.0. The molecule has 1 aliphatic rings. The van der Waals surface area contributed by atoms with E-state index in [0.29, 0.717) is 6.54 Å². The second kappa shape index (κ2) is 5.94. The summed E-state index contributed by atoms with van der Waals surface area (Å²) in [7, 11) is 2.12. The Hall–Kier alpha value is -1.39. The fourth-order valence-electron chi connectivity index (χ4n) is 2.71. The zero-order valence-corrected chi connectivity index (χ0v) is 12.5. The molecule has 1 fully saturated rings. The minimum Gasteiger partial charge on any atom is -0.481 e. The summed E-state index contributed by atoms with van der Waals surface area (Å²) in [5, 5.41) is 9.34. The molecule has 4 heteroatoms. The first-order valence-electron chi connectivity index (χ1n) is 7.11. The van der Waals surface area contributed by atoms with Crippen LogP contribution in [0.3, 0.4) is 0 Å². The number of hydrogen-bond donors (Lipinski definition) is 1. The minimum atomic E-state index is -0.733. The molecule has 4 nitrogen and oxygen atoms in total. The van der Waals surface area contributed by atoms with Crippen LogP contribution in [-0.4, -0.2) is 54.1 Å². The molecule has 1 N–H and O–H groups in total. The second-order valence-corrected chi connectivity index (χ2v) is 6.35. The van der Waals surface area contributed by atoms with Gasteiger partial charge in [0.1, 0.15) is 0 Å². The molecule has 0 spiro atoms. The maximum Gasteiger partial charge on any atom is 0.310 e. The van der Waals surface area contributed by atoms with Gasteiger partial charge in [0.25, 0.3) is 0 Å². The number of carboxylic acids is 1. The average molecular weight is 276 g/mol. The summed E-state index contributed by atoms with van der Waals surface area (Å²) in [4.78, 5) is 16.0. The topological polar surface area (TPSA) is 43.8 Å². The van der Waals surface area contributed by atoms with Gasteiger partial charge in [-0.2, -0.15) is 0 Å². The highest BCUT2D eigenvalue weighted by Gasteiger charge is 2.35. The normalized spacial score (nSPS) is 21.9. The summed E-state index contributed by atoms with van der Waals surface area (Å²) in [6.45, 7) is 7.02. The van der Waals surface area contributed by atoms with E-state index >= 15 is 0 Å². The van der Waals surface area contributed by atoms with Crippen LogP contribution < -0.4 is 0 Å². The van der Waals surface area contributed by atoms with Crippen molar-refractivity contribution in [3.63, 3.8) is 0 Å². The van der Waals surface area contributed by atoms with E-state index in [1.807, 2.05) is 18.2 Å². The van der Waals surface area contributed by atoms with Gasteiger partial charge in [-0.25, -0.2) is 0 Å². The molecule has 2 rings (SSSR count). The minimum absolute atomic E-state index is 0.272. The van der Waals surface area contributed by atoms with Crippen molar-refractivity contribution in [3.8, 4) is 0 Å². The van der Waals surface area contributed by atoms with Crippen LogP contribution in [0.1, 0.15) is 25.5 Å². The van der Waals surface area contributed by atoms with Crippen LogP contribution in [0.5, 0.6) is 0 Å². The highest BCUT2D eigenvalue weighted by molar-refractivity contribution is 5.73. The van der Waals surface area contributed by atoms with Gasteiger partial charge in [0, 0.05) is 32.2 Å². The van der Waals surface area contributed by atoms with Gasteiger partial charge in [0.05, 0.1) is 5.41 Å². The molecule has 1 aromatic carbocycles. The Morgan fingerprint density at radius 1 is 1.30 bits per heavy atom. The monoisotopic (exact) mass is 276 g/mol. The maximum atomic E-state index is 11.4. The standard InChI is InChI=1S/C16H24N2O2/c1-16(2,15(19)20)12-18-10-9-17(3)11-14(18)13-7-5-4-6-8-13/h4-8,14H,9-12H2,1-3H3,(H,19,20). The predicted octanol–water partition coefficient (Wildman–Crippen LogP) is 2.09. The summed E-state index contributed by atoms with van der Waals surface area (Å²) >= 11 is 0. The zero-order chi connectivity index (χ0) is 14.8. The molecule has 1 heterocycles. The molecule has 1 aliphatic heterocycles. The van der Waals surface area contributed by atoms with Crippen molar-refractivity contribution in [3.05, 3.63) is 35.9 Å². The third-order valence-corrected chi connectivity index (χ3v) is 4.06. The lowest BCUT2D eigenvalue weighted by molar-refractivity contribution is -0.148. The van der Waals surface area contributed by atoms with Gasteiger partial charge in [-0.05, 0) is 26.5 Å². The average Bonchev–Trinajstić information content (AvgIpc) is 2.41. The van der Waals surface area contributed by atoms with Gasteiger partial charge >= 0.3 is 5.97 Å². The van der Waals surface area contributed by atoms with Crippen molar-refractivity contribution in [2.45, 2.75) is 19.9 Å². The number of hydrogen-bond acceptors (Lipinski definition) is 3. The van der Waals surface area contributed by atoms with Gasteiger partial charge in [-0.15, -0.1) is 0 Å². The Morgan fingerprint density at radius 2 is 1.95 bits per heavy atom. The summed E-state index contributed by atoms with van der Waals surface area (Å²) in [6.07, 6.45) is 0. The molecule has 1 unspecified atom stereocenters. The summed E-state index contributed by atoms with van der Waals surface area (Å²) in [5.74, 6) is -0.733. The van der Waals surface area contributed by atoms with Crippen LogP contribution in [0.25, 0.3) is 0 Å². The maximum absolute atomic E-state index is 11.4. The van der Waals surface area contributed by atoms with Gasteiger partial charge in [-0.1, -0.05) is 30.3 Å². The molecule has 0 amide bonds. The van der Waals surface area contributed by atoms with Gasteiger partial charge < -0.3 is 10.0 Å². The summed E-state index contributed by atoms with van der Waals surface area (Å²) < 4.78 is 0. The third kappa shape index (κ3) is 3.38. The Bertz CT molecular complexity index is 459. The highest BCUT2D eigenvalue weighted by atomic mass is 16.4. The Morgan fingerprint density at radius 3 is 2.55 bits per heavy atom. The van der Waals surface area contributed by atoms with Gasteiger partial charge in [-0.3, -0.25) is 9.69 Å². The van der Waals surface area contributed by atoms with E-state index < -0.39 is 11.4 Å². The molecular formula is C16H24N2O2. The number of nitrogens with zero attached hydrogens (tertiary/aromatic N) is 2. The van der Waals surface area contributed by atoms with Crippen molar-refractivity contribution in [1.29, 1.82) is 0 Å². The van der Waals surface area contributed by atoms with E-state index in [1.165, 1.54) is 5.56 Å². The molecular weight excluding hydrogens is 252 g/mol. The fraction of sp³-hybridized carbons (Fsp3) is 0.562. The number of likely N-dealkylation sites (N-methyl/N-ethyl adjacent to an activating group) is 1. The Kier molecular flexibility index (Phi) is 4.45. The van der Waals surface area contributed by atoms with Gasteiger partial charge in [0.15, 0.2) is 0 Å². The summed E-state index contributed by atoms with van der Waals surface area (Å²) in [5.41, 5.74) is 0.545. The molecule has 0 radical (unpaired) electrons. The number of rotatable bonds is 4. The zero-order valence-electron chi connectivity index (χ0n) is 12.5. The number of carbonyl (C=O) groups is 1. The van der Waals surface area contributed by atoms with Crippen molar-refractivity contribution >= 4 is 5.97 Å². The van der Waals surface area contributed by atoms with Crippen LogP contribution in [0.4, 0.5) is 0 Å². The largest absolute Gasteiger partial charge is 0.481 e.